The lowest BCUT2D eigenvalue weighted by Gasteiger charge is -2.27. The fourth-order valence-corrected chi connectivity index (χ4v) is 3.08. The van der Waals surface area contributed by atoms with Crippen molar-refractivity contribution in [3.05, 3.63) is 114 Å². The third-order valence-electron chi connectivity index (χ3n) is 4.91. The first kappa shape index (κ1) is 22.0. The van der Waals surface area contributed by atoms with Gasteiger partial charge in [0.05, 0.1) is 6.42 Å². The molecular formula is C26H25NO4. The molecule has 1 atom stereocenters. The summed E-state index contributed by atoms with van der Waals surface area (Å²) in [5, 5.41) is 10.6. The van der Waals surface area contributed by atoms with Crippen molar-refractivity contribution in [3.63, 3.8) is 0 Å². The van der Waals surface area contributed by atoms with Crippen LogP contribution in [0.3, 0.4) is 0 Å². The van der Waals surface area contributed by atoms with Gasteiger partial charge in [0, 0.05) is 29.4 Å². The van der Waals surface area contributed by atoms with Gasteiger partial charge < -0.3 is 14.7 Å². The van der Waals surface area contributed by atoms with Crippen LogP contribution in [0.15, 0.2) is 97.1 Å². The summed E-state index contributed by atoms with van der Waals surface area (Å²) in [5.41, 5.74) is 3.10. The summed E-state index contributed by atoms with van der Waals surface area (Å²) in [6, 6.07) is 25.3. The van der Waals surface area contributed by atoms with Gasteiger partial charge in [-0.1, -0.05) is 67.2 Å². The molecule has 0 aliphatic carbocycles. The summed E-state index contributed by atoms with van der Waals surface area (Å²) in [4.78, 5) is 26.1. The molecule has 0 aliphatic heterocycles. The Bertz CT molecular complexity index is 1030. The first-order valence-electron chi connectivity index (χ1n) is 9.93. The topological polar surface area (TPSA) is 66.8 Å². The van der Waals surface area contributed by atoms with Crippen molar-refractivity contribution in [3.8, 4) is 0 Å². The number of anilines is 1. The van der Waals surface area contributed by atoms with Crippen molar-refractivity contribution < 1.29 is 19.4 Å². The molecule has 0 saturated carbocycles. The zero-order valence-corrected chi connectivity index (χ0v) is 17.4. The van der Waals surface area contributed by atoms with E-state index < -0.39 is 6.23 Å². The molecule has 0 bridgehead atoms. The molecule has 31 heavy (non-hydrogen) atoms. The zero-order chi connectivity index (χ0) is 22.2. The van der Waals surface area contributed by atoms with E-state index >= 15 is 0 Å². The number of esters is 1. The number of ether oxygens (including phenoxy) is 1. The fourth-order valence-electron chi connectivity index (χ4n) is 3.08. The van der Waals surface area contributed by atoms with E-state index in [1.807, 2.05) is 48.5 Å². The van der Waals surface area contributed by atoms with Crippen LogP contribution < -0.4 is 4.90 Å². The fraction of sp³-hybridized carbons (Fsp3) is 0.154. The molecule has 0 heterocycles. The molecule has 3 aromatic carbocycles. The van der Waals surface area contributed by atoms with Crippen LogP contribution in [0.2, 0.25) is 0 Å². The monoisotopic (exact) mass is 415 g/mol. The number of hydrogen-bond acceptors (Lipinski definition) is 5. The van der Waals surface area contributed by atoms with Crippen LogP contribution in [0.25, 0.3) is 0 Å². The first-order valence-corrected chi connectivity index (χ1v) is 9.93. The second kappa shape index (κ2) is 10.4. The van der Waals surface area contributed by atoms with Crippen molar-refractivity contribution in [2.75, 3.05) is 18.6 Å². The van der Waals surface area contributed by atoms with Crippen LogP contribution in [0.1, 0.15) is 21.5 Å². The SMILES string of the molecule is C=C(COC(=O)Cc1ccccc1)C(O)N(C)c1ccc(C(=O)c2ccccc2)cc1. The lowest BCUT2D eigenvalue weighted by molar-refractivity contribution is -0.142. The molecule has 0 fully saturated rings. The number of aliphatic hydroxyl groups excluding tert-OH is 1. The van der Waals surface area contributed by atoms with Gasteiger partial charge in [0.1, 0.15) is 6.61 Å². The van der Waals surface area contributed by atoms with E-state index in [1.165, 1.54) is 0 Å². The van der Waals surface area contributed by atoms with Gasteiger partial charge in [0.2, 0.25) is 0 Å². The van der Waals surface area contributed by atoms with Crippen molar-refractivity contribution in [2.45, 2.75) is 12.6 Å². The largest absolute Gasteiger partial charge is 0.461 e. The van der Waals surface area contributed by atoms with Crippen LogP contribution in [0.4, 0.5) is 5.69 Å². The molecule has 0 aromatic heterocycles. The molecule has 0 aliphatic rings. The van der Waals surface area contributed by atoms with Crippen molar-refractivity contribution in [2.24, 2.45) is 0 Å². The Morgan fingerprint density at radius 3 is 2.06 bits per heavy atom. The van der Waals surface area contributed by atoms with Gasteiger partial charge in [-0.25, -0.2) is 0 Å². The predicted molar refractivity (Wildman–Crippen MR) is 121 cm³/mol. The molecule has 0 spiro atoms. The molecule has 0 saturated heterocycles. The van der Waals surface area contributed by atoms with E-state index in [2.05, 4.69) is 6.58 Å². The minimum absolute atomic E-state index is 0.0647. The molecular weight excluding hydrogens is 390 g/mol. The highest BCUT2D eigenvalue weighted by Crippen LogP contribution is 2.20. The molecule has 1 N–H and O–H groups in total. The van der Waals surface area contributed by atoms with E-state index in [0.29, 0.717) is 22.4 Å². The minimum atomic E-state index is -1.04. The summed E-state index contributed by atoms with van der Waals surface area (Å²) in [6.45, 7) is 3.76. The van der Waals surface area contributed by atoms with Crippen LogP contribution in [-0.4, -0.2) is 36.7 Å². The molecule has 0 radical (unpaired) electrons. The molecule has 0 amide bonds. The van der Waals surface area contributed by atoms with Crippen molar-refractivity contribution >= 4 is 17.4 Å². The number of aliphatic hydroxyl groups is 1. The number of ketones is 1. The lowest BCUT2D eigenvalue weighted by atomic mass is 10.0. The van der Waals surface area contributed by atoms with E-state index in [4.69, 9.17) is 4.74 Å². The highest BCUT2D eigenvalue weighted by molar-refractivity contribution is 6.09. The number of rotatable bonds is 9. The number of likely N-dealkylation sites (N-methyl/N-ethyl adjacent to an activating group) is 1. The van der Waals surface area contributed by atoms with Gasteiger partial charge in [-0.2, -0.15) is 0 Å². The predicted octanol–water partition coefficient (Wildman–Crippen LogP) is 4.01. The van der Waals surface area contributed by atoms with E-state index in [1.54, 1.807) is 48.3 Å². The summed E-state index contributed by atoms with van der Waals surface area (Å²) in [6.07, 6.45) is -0.878. The average molecular weight is 415 g/mol. The van der Waals surface area contributed by atoms with Crippen molar-refractivity contribution in [1.82, 2.24) is 0 Å². The Morgan fingerprint density at radius 2 is 1.45 bits per heavy atom. The van der Waals surface area contributed by atoms with Crippen LogP contribution in [0.5, 0.6) is 0 Å². The van der Waals surface area contributed by atoms with Crippen LogP contribution >= 0.6 is 0 Å². The standard InChI is InChI=1S/C26H25NO4/c1-19(18-31-24(28)17-20-9-5-3-6-10-20)26(30)27(2)23-15-13-22(14-16-23)25(29)21-11-7-4-8-12-21/h3-16,26,30H,1,17-18H2,2H3. The first-order chi connectivity index (χ1) is 15.0. The van der Waals surface area contributed by atoms with Gasteiger partial charge in [0.25, 0.3) is 0 Å². The van der Waals surface area contributed by atoms with Gasteiger partial charge in [-0.15, -0.1) is 0 Å². The molecule has 5 heteroatoms. The minimum Gasteiger partial charge on any atom is -0.461 e. The average Bonchev–Trinajstić information content (AvgIpc) is 2.82. The second-order valence-electron chi connectivity index (χ2n) is 7.21. The number of benzene rings is 3. The van der Waals surface area contributed by atoms with Gasteiger partial charge in [-0.05, 0) is 29.8 Å². The zero-order valence-electron chi connectivity index (χ0n) is 17.4. The maximum absolute atomic E-state index is 12.5. The van der Waals surface area contributed by atoms with Crippen LogP contribution in [-0.2, 0) is 16.0 Å². The summed E-state index contributed by atoms with van der Waals surface area (Å²) in [5.74, 6) is -0.448. The number of nitrogens with zero attached hydrogens (tertiary/aromatic N) is 1. The van der Waals surface area contributed by atoms with Gasteiger partial charge >= 0.3 is 5.97 Å². The molecule has 1 unspecified atom stereocenters. The number of hydrogen-bond donors (Lipinski definition) is 1. The normalized spacial score (nSPS) is 11.4. The van der Waals surface area contributed by atoms with Crippen LogP contribution in [0, 0.1) is 0 Å². The highest BCUT2D eigenvalue weighted by Gasteiger charge is 2.18. The summed E-state index contributed by atoms with van der Waals surface area (Å²) in [7, 11) is 1.70. The van der Waals surface area contributed by atoms with E-state index in [-0.39, 0.29) is 24.8 Å². The third kappa shape index (κ3) is 5.90. The quantitative estimate of drug-likeness (QED) is 0.248. The third-order valence-corrected chi connectivity index (χ3v) is 4.91. The second-order valence-corrected chi connectivity index (χ2v) is 7.21. The Balaban J connectivity index is 1.55. The molecule has 3 aromatic rings. The molecule has 3 rings (SSSR count). The van der Waals surface area contributed by atoms with E-state index in [0.717, 1.165) is 5.56 Å². The number of carbonyl (C=O) groups is 2. The van der Waals surface area contributed by atoms with Gasteiger partial charge in [-0.3, -0.25) is 9.59 Å². The molecule has 5 nitrogen and oxygen atoms in total. The summed E-state index contributed by atoms with van der Waals surface area (Å²) < 4.78 is 5.24. The molecule has 158 valence electrons. The summed E-state index contributed by atoms with van der Waals surface area (Å²) >= 11 is 0. The Kier molecular flexibility index (Phi) is 7.35. The Labute approximate surface area is 182 Å². The van der Waals surface area contributed by atoms with Crippen molar-refractivity contribution in [1.29, 1.82) is 0 Å². The van der Waals surface area contributed by atoms with E-state index in [9.17, 15) is 14.7 Å². The smallest absolute Gasteiger partial charge is 0.310 e. The Morgan fingerprint density at radius 1 is 0.903 bits per heavy atom. The maximum Gasteiger partial charge on any atom is 0.310 e. The Hall–Kier alpha value is -3.70. The maximum atomic E-state index is 12.5. The highest BCUT2D eigenvalue weighted by atomic mass is 16.5. The lowest BCUT2D eigenvalue weighted by Crippen LogP contribution is -2.34. The van der Waals surface area contributed by atoms with Gasteiger partial charge in [0.15, 0.2) is 12.0 Å². The number of carbonyl (C=O) groups excluding carboxylic acids is 2.